The first kappa shape index (κ1) is 14.3. The zero-order valence-electron chi connectivity index (χ0n) is 12.2. The molecule has 2 rings (SSSR count). The third-order valence-corrected chi connectivity index (χ3v) is 3.97. The average Bonchev–Trinajstić information content (AvgIpc) is 2.89. The quantitative estimate of drug-likeness (QED) is 0.562. The fraction of sp³-hybridized carbons (Fsp3) is 0.529. The Bertz CT molecular complexity index is 433. The van der Waals surface area contributed by atoms with E-state index in [-0.39, 0.29) is 0 Å². The van der Waals surface area contributed by atoms with E-state index < -0.39 is 5.79 Å². The Balaban J connectivity index is 2.01. The molecule has 1 aromatic carbocycles. The second-order valence-corrected chi connectivity index (χ2v) is 5.04. The number of methoxy groups -OCH3 is 1. The van der Waals surface area contributed by atoms with Gasteiger partial charge >= 0.3 is 0 Å². The lowest BCUT2D eigenvalue weighted by atomic mass is 10.1. The van der Waals surface area contributed by atoms with Crippen LogP contribution >= 0.6 is 0 Å². The van der Waals surface area contributed by atoms with Crippen LogP contribution in [0.3, 0.4) is 0 Å². The molecule has 0 N–H and O–H groups in total. The molecule has 1 aromatic rings. The number of hydrogen-bond acceptors (Lipinski definition) is 2. The highest BCUT2D eigenvalue weighted by atomic mass is 16.7. The lowest BCUT2D eigenvalue weighted by Crippen LogP contribution is -2.34. The lowest BCUT2D eigenvalue weighted by molar-refractivity contribution is -0.202. The molecule has 104 valence electrons. The number of rotatable bonds is 6. The molecule has 1 unspecified atom stereocenters. The van der Waals surface area contributed by atoms with E-state index in [1.54, 1.807) is 7.11 Å². The third-order valence-electron chi connectivity index (χ3n) is 3.97. The number of aryl methyl sites for hydroxylation is 1. The molecule has 2 heteroatoms. The number of allylic oxidation sites excluding steroid dienone is 1. The van der Waals surface area contributed by atoms with Crippen LogP contribution in [0.25, 0.3) is 0 Å². The predicted molar refractivity (Wildman–Crippen MR) is 78.0 cm³/mol. The minimum atomic E-state index is -0.488. The summed E-state index contributed by atoms with van der Waals surface area (Å²) >= 11 is 0. The first-order valence-electron chi connectivity index (χ1n) is 7.20. The van der Waals surface area contributed by atoms with E-state index in [1.807, 2.05) is 0 Å². The molecule has 1 aliphatic rings. The smallest absolute Gasteiger partial charge is 0.191 e. The second-order valence-electron chi connectivity index (χ2n) is 5.04. The Labute approximate surface area is 116 Å². The molecule has 0 aromatic heterocycles. The highest BCUT2D eigenvalue weighted by molar-refractivity contribution is 5.23. The van der Waals surface area contributed by atoms with Crippen molar-refractivity contribution in [1.82, 2.24) is 0 Å². The minimum absolute atomic E-state index is 0.488. The van der Waals surface area contributed by atoms with Crippen molar-refractivity contribution in [2.45, 2.75) is 51.9 Å². The molecule has 2 nitrogen and oxygen atoms in total. The van der Waals surface area contributed by atoms with E-state index in [2.05, 4.69) is 44.2 Å². The summed E-state index contributed by atoms with van der Waals surface area (Å²) in [5, 5.41) is 0. The maximum Gasteiger partial charge on any atom is 0.191 e. The second kappa shape index (κ2) is 6.36. The third kappa shape index (κ3) is 3.07. The highest BCUT2D eigenvalue weighted by Crippen LogP contribution is 2.37. The average molecular weight is 260 g/mol. The van der Waals surface area contributed by atoms with Crippen molar-refractivity contribution < 1.29 is 9.47 Å². The summed E-state index contributed by atoms with van der Waals surface area (Å²) in [7, 11) is 1.75. The predicted octanol–water partition coefficient (Wildman–Crippen LogP) is 4.24. The van der Waals surface area contributed by atoms with Crippen LogP contribution in [-0.2, 0) is 22.5 Å². The summed E-state index contributed by atoms with van der Waals surface area (Å²) < 4.78 is 11.8. The normalized spacial score (nSPS) is 22.6. The van der Waals surface area contributed by atoms with Gasteiger partial charge in [-0.2, -0.15) is 0 Å². The first-order valence-corrected chi connectivity index (χ1v) is 7.20. The van der Waals surface area contributed by atoms with Crippen molar-refractivity contribution in [1.29, 1.82) is 0 Å². The van der Waals surface area contributed by atoms with Crippen molar-refractivity contribution in [3.05, 3.63) is 47.0 Å². The van der Waals surface area contributed by atoms with E-state index >= 15 is 0 Å². The Morgan fingerprint density at radius 1 is 1.05 bits per heavy atom. The van der Waals surface area contributed by atoms with E-state index in [4.69, 9.17) is 9.47 Å². The standard InChI is InChI=1S/C17H24O2/c1-4-14-8-10-15(11-9-14)13-19-17(18-3)12-6-7-16(17)5-2/h7-11H,4-6,12-13H2,1-3H3. The van der Waals surface area contributed by atoms with Crippen LogP contribution in [0.15, 0.2) is 35.9 Å². The molecule has 0 radical (unpaired) electrons. The van der Waals surface area contributed by atoms with Gasteiger partial charge in [-0.3, -0.25) is 0 Å². The van der Waals surface area contributed by atoms with Crippen LogP contribution in [0.5, 0.6) is 0 Å². The Hall–Kier alpha value is -1.12. The van der Waals surface area contributed by atoms with Crippen molar-refractivity contribution in [2.75, 3.05) is 7.11 Å². The molecule has 0 bridgehead atoms. The molecular formula is C17H24O2. The van der Waals surface area contributed by atoms with Crippen LogP contribution in [0.2, 0.25) is 0 Å². The van der Waals surface area contributed by atoms with Crippen LogP contribution in [0.1, 0.15) is 44.2 Å². The molecule has 0 amide bonds. The van der Waals surface area contributed by atoms with Gasteiger partial charge in [-0.15, -0.1) is 0 Å². The van der Waals surface area contributed by atoms with E-state index in [0.29, 0.717) is 6.61 Å². The van der Waals surface area contributed by atoms with Gasteiger partial charge in [0.1, 0.15) is 0 Å². The Morgan fingerprint density at radius 2 is 1.74 bits per heavy atom. The van der Waals surface area contributed by atoms with Gasteiger partial charge in [0.15, 0.2) is 5.79 Å². The maximum absolute atomic E-state index is 6.11. The van der Waals surface area contributed by atoms with Gasteiger partial charge in [-0.1, -0.05) is 44.2 Å². The molecule has 1 aliphatic carbocycles. The van der Waals surface area contributed by atoms with Gasteiger partial charge in [-0.25, -0.2) is 0 Å². The Kier molecular flexibility index (Phi) is 4.78. The zero-order chi connectivity index (χ0) is 13.7. The molecule has 0 spiro atoms. The van der Waals surface area contributed by atoms with Gasteiger partial charge in [0.2, 0.25) is 0 Å². The largest absolute Gasteiger partial charge is 0.349 e. The fourth-order valence-corrected chi connectivity index (χ4v) is 2.69. The van der Waals surface area contributed by atoms with Crippen LogP contribution in [0, 0.1) is 0 Å². The summed E-state index contributed by atoms with van der Waals surface area (Å²) in [6, 6.07) is 8.63. The molecule has 0 heterocycles. The van der Waals surface area contributed by atoms with Crippen molar-refractivity contribution in [3.63, 3.8) is 0 Å². The van der Waals surface area contributed by atoms with Gasteiger partial charge in [0.25, 0.3) is 0 Å². The molecule has 0 saturated heterocycles. The van der Waals surface area contributed by atoms with Crippen LogP contribution in [0.4, 0.5) is 0 Å². The molecule has 0 aliphatic heterocycles. The van der Waals surface area contributed by atoms with Crippen molar-refractivity contribution in [3.8, 4) is 0 Å². The van der Waals surface area contributed by atoms with Crippen molar-refractivity contribution in [2.24, 2.45) is 0 Å². The Morgan fingerprint density at radius 3 is 2.32 bits per heavy atom. The summed E-state index contributed by atoms with van der Waals surface area (Å²) in [6.07, 6.45) is 6.30. The highest BCUT2D eigenvalue weighted by Gasteiger charge is 2.37. The fourth-order valence-electron chi connectivity index (χ4n) is 2.69. The number of ether oxygens (including phenoxy) is 2. The monoisotopic (exact) mass is 260 g/mol. The minimum Gasteiger partial charge on any atom is -0.349 e. The summed E-state index contributed by atoms with van der Waals surface area (Å²) in [6.45, 7) is 4.93. The maximum atomic E-state index is 6.11. The molecule has 0 saturated carbocycles. The van der Waals surface area contributed by atoms with Crippen molar-refractivity contribution >= 4 is 0 Å². The molecule has 0 fully saturated rings. The SMILES string of the molecule is CCC1=CCCC1(OC)OCc1ccc(CC)cc1. The summed E-state index contributed by atoms with van der Waals surface area (Å²) in [5.41, 5.74) is 3.84. The van der Waals surface area contributed by atoms with Gasteiger partial charge in [0, 0.05) is 13.5 Å². The topological polar surface area (TPSA) is 18.5 Å². The van der Waals surface area contributed by atoms with E-state index in [1.165, 1.54) is 16.7 Å². The molecule has 19 heavy (non-hydrogen) atoms. The van der Waals surface area contributed by atoms with Crippen LogP contribution in [-0.4, -0.2) is 12.9 Å². The van der Waals surface area contributed by atoms with Gasteiger partial charge in [0.05, 0.1) is 6.61 Å². The molecular weight excluding hydrogens is 236 g/mol. The van der Waals surface area contributed by atoms with E-state index in [0.717, 1.165) is 25.7 Å². The molecule has 1 atom stereocenters. The lowest BCUT2D eigenvalue weighted by Gasteiger charge is -2.31. The number of hydrogen-bond donors (Lipinski definition) is 0. The zero-order valence-corrected chi connectivity index (χ0v) is 12.2. The number of benzene rings is 1. The van der Waals surface area contributed by atoms with E-state index in [9.17, 15) is 0 Å². The van der Waals surface area contributed by atoms with Crippen LogP contribution < -0.4 is 0 Å². The van der Waals surface area contributed by atoms with Gasteiger partial charge < -0.3 is 9.47 Å². The van der Waals surface area contributed by atoms with Gasteiger partial charge in [-0.05, 0) is 36.0 Å². The summed E-state index contributed by atoms with van der Waals surface area (Å²) in [4.78, 5) is 0. The summed E-state index contributed by atoms with van der Waals surface area (Å²) in [5.74, 6) is -0.488. The first-order chi connectivity index (χ1) is 9.24.